The zero-order valence-electron chi connectivity index (χ0n) is 39.7. The highest BCUT2D eigenvalue weighted by molar-refractivity contribution is 6.10. The van der Waals surface area contributed by atoms with Crippen molar-refractivity contribution in [2.45, 2.75) is 59.8 Å². The van der Waals surface area contributed by atoms with Crippen molar-refractivity contribution in [2.24, 2.45) is 0 Å². The average Bonchev–Trinajstić information content (AvgIpc) is 3.76. The molecule has 0 spiro atoms. The molecule has 9 aromatic carbocycles. The van der Waals surface area contributed by atoms with E-state index in [0.29, 0.717) is 0 Å². The molecule has 4 nitrogen and oxygen atoms in total. The van der Waals surface area contributed by atoms with Gasteiger partial charge < -0.3 is 19.3 Å². The topological polar surface area (TPSA) is 39.9 Å². The molecule has 1 unspecified atom stereocenters. The Morgan fingerprint density at radius 2 is 1.17 bits per heavy atom. The first-order valence-electron chi connectivity index (χ1n) is 24.4. The van der Waals surface area contributed by atoms with Gasteiger partial charge in [-0.1, -0.05) is 152 Å². The van der Waals surface area contributed by atoms with Crippen molar-refractivity contribution in [3.63, 3.8) is 0 Å². The van der Waals surface area contributed by atoms with E-state index in [-0.39, 0.29) is 11.7 Å². The van der Waals surface area contributed by atoms with E-state index in [0.717, 1.165) is 80.5 Å². The number of fused-ring (bicyclic) bond motifs is 6. The van der Waals surface area contributed by atoms with Gasteiger partial charge in [0, 0.05) is 51.4 Å². The Labute approximate surface area is 403 Å². The summed E-state index contributed by atoms with van der Waals surface area (Å²) in [5.74, 6) is 1.56. The normalized spacial score (nSPS) is 14.5. The molecule has 13 rings (SSSR count). The largest absolute Gasteiger partial charge is 0.507 e. The van der Waals surface area contributed by atoms with Crippen molar-refractivity contribution in [3.05, 3.63) is 226 Å². The van der Waals surface area contributed by atoms with E-state index in [9.17, 15) is 5.11 Å². The first-order valence-corrected chi connectivity index (χ1v) is 24.4. The van der Waals surface area contributed by atoms with Gasteiger partial charge in [0.1, 0.15) is 11.5 Å². The van der Waals surface area contributed by atoms with Gasteiger partial charge in [-0.3, -0.25) is 0 Å². The maximum absolute atomic E-state index is 11.6. The number of rotatable bonds is 7. The van der Waals surface area contributed by atoms with Crippen LogP contribution < -0.4 is 9.80 Å². The Morgan fingerprint density at radius 1 is 0.522 bits per heavy atom. The van der Waals surface area contributed by atoms with Crippen LogP contribution in [0.5, 0.6) is 5.75 Å². The lowest BCUT2D eigenvalue weighted by Crippen LogP contribution is -2.23. The van der Waals surface area contributed by atoms with Gasteiger partial charge >= 0.3 is 0 Å². The van der Waals surface area contributed by atoms with Crippen molar-refractivity contribution < 1.29 is 9.52 Å². The molecular formula is C65H52N2O2. The molecule has 1 aromatic heterocycles. The standard InChI is InChI=1S/C65H52N2O2/c1-38-14-10-15-39(2)63(38)66(53-24-12-22-47(42(53)5)61-48-20-8-6-18-43(48)30-36-57(61)68)54-34-28-45-27-33-51-55(35-29-46-26-32-50(54)59(45)60(46)51)67(64-40(3)16-11-17-41(64)4)56-25-13-23-52-62-49-21-9-7-19-44(49)31-37-58(62)69-65(52)56/h6-27,29-30,32-36,45,68H,28,31,37H2,1-5H3. The molecule has 0 fully saturated rings. The van der Waals surface area contributed by atoms with Crippen LogP contribution in [0.15, 0.2) is 174 Å². The lowest BCUT2D eigenvalue weighted by molar-refractivity contribution is 0.478. The number of aryl methyl sites for hydroxylation is 6. The molecule has 1 N–H and O–H groups in total. The van der Waals surface area contributed by atoms with E-state index in [1.54, 1.807) is 0 Å². The second-order valence-electron chi connectivity index (χ2n) is 19.4. The molecule has 0 amide bonds. The predicted molar refractivity (Wildman–Crippen MR) is 289 cm³/mol. The lowest BCUT2D eigenvalue weighted by Gasteiger charge is -2.38. The number of hydrogen-bond acceptors (Lipinski definition) is 4. The number of allylic oxidation sites excluding steroid dienone is 2. The Kier molecular flexibility index (Phi) is 9.39. The molecule has 69 heavy (non-hydrogen) atoms. The SMILES string of the molecule is Cc1cccc(C)c1N(C1=CCC2C=Cc3c(N(c4c(C)cccc4C)c4cccc5c6c(oc45)CCc4ccccc4-6)ccc4ccc1c2c34)c1cccc(-c2c(O)ccc3ccccc23)c1C. The van der Waals surface area contributed by atoms with Crippen LogP contribution in [0.4, 0.5) is 28.4 Å². The summed E-state index contributed by atoms with van der Waals surface area (Å²) in [6.45, 7) is 11.1. The fourth-order valence-corrected chi connectivity index (χ4v) is 12.3. The summed E-state index contributed by atoms with van der Waals surface area (Å²) < 4.78 is 7.07. The molecule has 3 aliphatic rings. The van der Waals surface area contributed by atoms with Crippen LogP contribution in [0.25, 0.3) is 66.5 Å². The molecule has 0 saturated carbocycles. The second-order valence-corrected chi connectivity index (χ2v) is 19.4. The van der Waals surface area contributed by atoms with Crippen LogP contribution in [0, 0.1) is 34.6 Å². The van der Waals surface area contributed by atoms with Gasteiger partial charge in [0.25, 0.3) is 0 Å². The summed E-state index contributed by atoms with van der Waals surface area (Å²) in [4.78, 5) is 5.01. The quantitative estimate of drug-likeness (QED) is 0.173. The van der Waals surface area contributed by atoms with Gasteiger partial charge in [-0.25, -0.2) is 0 Å². The fraction of sp³-hybridized carbons (Fsp3) is 0.138. The molecule has 0 radical (unpaired) electrons. The van der Waals surface area contributed by atoms with Crippen molar-refractivity contribution in [2.75, 3.05) is 9.80 Å². The number of furan rings is 1. The minimum Gasteiger partial charge on any atom is -0.507 e. The van der Waals surface area contributed by atoms with Crippen LogP contribution in [-0.4, -0.2) is 5.11 Å². The first kappa shape index (κ1) is 41.1. The lowest BCUT2D eigenvalue weighted by atomic mass is 9.76. The van der Waals surface area contributed by atoms with Crippen molar-refractivity contribution in [1.29, 1.82) is 0 Å². The van der Waals surface area contributed by atoms with E-state index in [2.05, 4.69) is 208 Å². The minimum absolute atomic E-state index is 0.212. The number of anilines is 5. The summed E-state index contributed by atoms with van der Waals surface area (Å²) in [5, 5.41) is 17.4. The number of phenolic OH excluding ortho intramolecular Hbond substituents is 1. The Balaban J connectivity index is 1.04. The first-order chi connectivity index (χ1) is 33.7. The molecule has 4 heteroatoms. The third kappa shape index (κ3) is 6.21. The Hall–Kier alpha value is -8.08. The zero-order valence-corrected chi connectivity index (χ0v) is 39.7. The van der Waals surface area contributed by atoms with Crippen LogP contribution >= 0.6 is 0 Å². The van der Waals surface area contributed by atoms with E-state index in [4.69, 9.17) is 4.42 Å². The summed E-state index contributed by atoms with van der Waals surface area (Å²) in [6.07, 6.45) is 10.0. The second kappa shape index (κ2) is 15.8. The van der Waals surface area contributed by atoms with E-state index in [1.165, 1.54) is 83.5 Å². The highest BCUT2D eigenvalue weighted by Gasteiger charge is 2.34. The van der Waals surface area contributed by atoms with Crippen LogP contribution in [-0.2, 0) is 12.8 Å². The van der Waals surface area contributed by atoms with E-state index < -0.39 is 0 Å². The summed E-state index contributed by atoms with van der Waals surface area (Å²) in [5.41, 5.74) is 23.2. The van der Waals surface area contributed by atoms with Gasteiger partial charge in [-0.15, -0.1) is 0 Å². The van der Waals surface area contributed by atoms with Crippen molar-refractivity contribution in [1.82, 2.24) is 0 Å². The molecule has 1 atom stereocenters. The smallest absolute Gasteiger partial charge is 0.158 e. The Bertz CT molecular complexity index is 3820. The van der Waals surface area contributed by atoms with Gasteiger partial charge in [-0.05, 0) is 143 Å². The van der Waals surface area contributed by atoms with Crippen LogP contribution in [0.3, 0.4) is 0 Å². The summed E-state index contributed by atoms with van der Waals surface area (Å²) in [6, 6.07) is 56.9. The minimum atomic E-state index is 0.212. The highest BCUT2D eigenvalue weighted by Crippen LogP contribution is 2.54. The number of hydrogen-bond donors (Lipinski definition) is 1. The number of phenols is 1. The van der Waals surface area contributed by atoms with Gasteiger partial charge in [0.05, 0.1) is 22.7 Å². The highest BCUT2D eigenvalue weighted by atomic mass is 16.3. The number of aromatic hydroxyl groups is 1. The third-order valence-electron chi connectivity index (χ3n) is 15.4. The number of benzene rings is 9. The van der Waals surface area contributed by atoms with Gasteiger partial charge in [0.15, 0.2) is 5.58 Å². The molecule has 1 heterocycles. The molecule has 334 valence electrons. The third-order valence-corrected chi connectivity index (χ3v) is 15.4. The molecule has 10 aromatic rings. The molecule has 0 saturated heterocycles. The van der Waals surface area contributed by atoms with Crippen LogP contribution in [0.2, 0.25) is 0 Å². The maximum Gasteiger partial charge on any atom is 0.158 e. The van der Waals surface area contributed by atoms with Gasteiger partial charge in [-0.2, -0.15) is 0 Å². The summed E-state index contributed by atoms with van der Waals surface area (Å²) in [7, 11) is 0. The summed E-state index contributed by atoms with van der Waals surface area (Å²) >= 11 is 0. The Morgan fingerprint density at radius 3 is 1.99 bits per heavy atom. The maximum atomic E-state index is 11.6. The average molecular weight is 893 g/mol. The van der Waals surface area contributed by atoms with E-state index in [1.807, 2.05) is 12.1 Å². The fourth-order valence-electron chi connectivity index (χ4n) is 12.3. The number of nitrogens with zero attached hydrogens (tertiary/aromatic N) is 2. The van der Waals surface area contributed by atoms with E-state index >= 15 is 0 Å². The molecule has 0 aliphatic heterocycles. The predicted octanol–water partition coefficient (Wildman–Crippen LogP) is 17.6. The molecular weight excluding hydrogens is 841 g/mol. The monoisotopic (exact) mass is 892 g/mol. The van der Waals surface area contributed by atoms with Crippen molar-refractivity contribution in [3.8, 4) is 28.0 Å². The molecule has 3 aliphatic carbocycles. The van der Waals surface area contributed by atoms with Crippen molar-refractivity contribution >= 4 is 72.7 Å². The zero-order chi connectivity index (χ0) is 46.7. The number of para-hydroxylation sites is 3. The van der Waals surface area contributed by atoms with Gasteiger partial charge in [0.2, 0.25) is 0 Å². The molecule has 0 bridgehead atoms. The van der Waals surface area contributed by atoms with Crippen LogP contribution in [0.1, 0.15) is 68.2 Å².